The van der Waals surface area contributed by atoms with Crippen LogP contribution in [0.2, 0.25) is 0 Å². The van der Waals surface area contributed by atoms with Crippen LogP contribution in [0.15, 0.2) is 18.2 Å². The Labute approximate surface area is 113 Å². The van der Waals surface area contributed by atoms with E-state index in [0.717, 1.165) is 12.2 Å². The molecule has 1 fully saturated rings. The second-order valence-electron chi connectivity index (χ2n) is 5.69. The number of carbonyl (C=O) groups is 1. The molecule has 1 unspecified atom stereocenters. The van der Waals surface area contributed by atoms with Crippen molar-refractivity contribution < 1.29 is 14.6 Å². The van der Waals surface area contributed by atoms with Gasteiger partial charge in [-0.05, 0) is 48.8 Å². The first-order valence-corrected chi connectivity index (χ1v) is 7.26. The molecular formula is C16H20O3. The Hall–Kier alpha value is -1.51. The van der Waals surface area contributed by atoms with Crippen molar-refractivity contribution in [3.05, 3.63) is 29.3 Å². The van der Waals surface area contributed by atoms with Gasteiger partial charge in [-0.25, -0.2) is 4.79 Å². The van der Waals surface area contributed by atoms with Gasteiger partial charge in [0.2, 0.25) is 0 Å². The molecule has 3 rings (SSSR count). The van der Waals surface area contributed by atoms with Crippen molar-refractivity contribution in [2.24, 2.45) is 0 Å². The summed E-state index contributed by atoms with van der Waals surface area (Å²) < 4.78 is 5.54. The van der Waals surface area contributed by atoms with E-state index in [2.05, 4.69) is 12.1 Å². The maximum Gasteiger partial charge on any atom is 0.344 e. The van der Waals surface area contributed by atoms with Crippen LogP contribution in [-0.4, -0.2) is 17.2 Å². The van der Waals surface area contributed by atoms with Gasteiger partial charge in [0.25, 0.3) is 0 Å². The molecule has 0 amide bonds. The summed E-state index contributed by atoms with van der Waals surface area (Å²) in [5.41, 5.74) is 2.59. The molecule has 102 valence electrons. The Bertz CT molecular complexity index is 475. The van der Waals surface area contributed by atoms with Crippen LogP contribution in [0, 0.1) is 0 Å². The highest BCUT2D eigenvalue weighted by atomic mass is 16.5. The molecule has 1 heterocycles. The summed E-state index contributed by atoms with van der Waals surface area (Å²) in [7, 11) is 0. The van der Waals surface area contributed by atoms with Gasteiger partial charge in [0.05, 0.1) is 0 Å². The minimum Gasteiger partial charge on any atom is -0.479 e. The molecule has 1 aliphatic heterocycles. The molecule has 1 atom stereocenters. The molecule has 2 aliphatic rings. The first-order valence-electron chi connectivity index (χ1n) is 7.26. The third kappa shape index (κ3) is 2.60. The molecule has 1 aromatic rings. The van der Waals surface area contributed by atoms with E-state index in [4.69, 9.17) is 9.84 Å². The largest absolute Gasteiger partial charge is 0.479 e. The molecule has 0 radical (unpaired) electrons. The third-order valence-corrected chi connectivity index (χ3v) is 4.38. The number of rotatable bonds is 2. The van der Waals surface area contributed by atoms with Crippen molar-refractivity contribution in [2.45, 2.75) is 57.0 Å². The molecule has 1 aliphatic carbocycles. The van der Waals surface area contributed by atoms with E-state index in [1.54, 1.807) is 0 Å². The van der Waals surface area contributed by atoms with Crippen LogP contribution in [0.3, 0.4) is 0 Å². The lowest BCUT2D eigenvalue weighted by molar-refractivity contribution is -0.145. The van der Waals surface area contributed by atoms with Crippen LogP contribution in [0.4, 0.5) is 0 Å². The molecule has 0 bridgehead atoms. The first-order chi connectivity index (χ1) is 9.24. The molecule has 19 heavy (non-hydrogen) atoms. The summed E-state index contributed by atoms with van der Waals surface area (Å²) in [5.74, 6) is 0.594. The average molecular weight is 260 g/mol. The van der Waals surface area contributed by atoms with Crippen LogP contribution in [-0.2, 0) is 11.2 Å². The van der Waals surface area contributed by atoms with E-state index in [1.165, 1.54) is 43.2 Å². The number of carboxylic acids is 1. The number of carboxylic acid groups (broad SMARTS) is 1. The van der Waals surface area contributed by atoms with E-state index in [9.17, 15) is 4.79 Å². The number of hydrogen-bond acceptors (Lipinski definition) is 2. The SMILES string of the molecule is O=C(O)C1CCc2cc(C3CCCCC3)ccc2O1. The Kier molecular flexibility index (Phi) is 3.45. The van der Waals surface area contributed by atoms with Crippen LogP contribution in [0.5, 0.6) is 5.75 Å². The van der Waals surface area contributed by atoms with Gasteiger partial charge < -0.3 is 9.84 Å². The molecular weight excluding hydrogens is 240 g/mol. The van der Waals surface area contributed by atoms with Crippen LogP contribution < -0.4 is 4.74 Å². The van der Waals surface area contributed by atoms with Crippen molar-refractivity contribution in [1.82, 2.24) is 0 Å². The zero-order valence-electron chi connectivity index (χ0n) is 11.1. The van der Waals surface area contributed by atoms with Crippen LogP contribution in [0.25, 0.3) is 0 Å². The minimum absolute atomic E-state index is 0.580. The highest BCUT2D eigenvalue weighted by Gasteiger charge is 2.26. The van der Waals surface area contributed by atoms with Gasteiger partial charge in [0.1, 0.15) is 5.75 Å². The highest BCUT2D eigenvalue weighted by Crippen LogP contribution is 2.36. The normalized spacial score (nSPS) is 23.5. The predicted molar refractivity (Wildman–Crippen MR) is 72.6 cm³/mol. The lowest BCUT2D eigenvalue weighted by atomic mass is 9.83. The van der Waals surface area contributed by atoms with Gasteiger partial charge in [0.15, 0.2) is 6.10 Å². The number of aryl methyl sites for hydroxylation is 1. The molecule has 0 saturated heterocycles. The van der Waals surface area contributed by atoms with Gasteiger partial charge >= 0.3 is 5.97 Å². The molecule has 1 aromatic carbocycles. The second-order valence-corrected chi connectivity index (χ2v) is 5.69. The number of fused-ring (bicyclic) bond motifs is 1. The van der Waals surface area contributed by atoms with E-state index >= 15 is 0 Å². The van der Waals surface area contributed by atoms with Gasteiger partial charge in [0, 0.05) is 0 Å². The summed E-state index contributed by atoms with van der Waals surface area (Å²) in [6.45, 7) is 0. The van der Waals surface area contributed by atoms with Crippen molar-refractivity contribution in [2.75, 3.05) is 0 Å². The van der Waals surface area contributed by atoms with E-state index < -0.39 is 12.1 Å². The van der Waals surface area contributed by atoms with Gasteiger partial charge in [-0.1, -0.05) is 31.4 Å². The summed E-state index contributed by atoms with van der Waals surface area (Å²) in [6.07, 6.45) is 7.33. The summed E-state index contributed by atoms with van der Waals surface area (Å²) in [6, 6.07) is 6.33. The van der Waals surface area contributed by atoms with Crippen molar-refractivity contribution in [3.63, 3.8) is 0 Å². The average Bonchev–Trinajstić information content (AvgIpc) is 2.47. The fourth-order valence-corrected chi connectivity index (χ4v) is 3.27. The molecule has 3 heteroatoms. The van der Waals surface area contributed by atoms with Crippen LogP contribution >= 0.6 is 0 Å². The van der Waals surface area contributed by atoms with Crippen molar-refractivity contribution in [3.8, 4) is 5.75 Å². The quantitative estimate of drug-likeness (QED) is 0.885. The number of aliphatic carboxylic acids is 1. The summed E-state index contributed by atoms with van der Waals surface area (Å²) in [5, 5.41) is 9.00. The highest BCUT2D eigenvalue weighted by molar-refractivity contribution is 5.73. The third-order valence-electron chi connectivity index (χ3n) is 4.38. The van der Waals surface area contributed by atoms with Gasteiger partial charge in [-0.15, -0.1) is 0 Å². The molecule has 1 N–H and O–H groups in total. The van der Waals surface area contributed by atoms with E-state index in [0.29, 0.717) is 12.3 Å². The summed E-state index contributed by atoms with van der Waals surface area (Å²) in [4.78, 5) is 11.0. The fourth-order valence-electron chi connectivity index (χ4n) is 3.27. The first kappa shape index (κ1) is 12.5. The minimum atomic E-state index is -0.859. The van der Waals surface area contributed by atoms with Gasteiger partial charge in [-0.3, -0.25) is 0 Å². The summed E-state index contributed by atoms with van der Waals surface area (Å²) >= 11 is 0. The molecule has 1 saturated carbocycles. The second kappa shape index (κ2) is 5.24. The number of benzene rings is 1. The van der Waals surface area contributed by atoms with E-state index in [1.807, 2.05) is 6.07 Å². The smallest absolute Gasteiger partial charge is 0.344 e. The molecule has 3 nitrogen and oxygen atoms in total. The maximum atomic E-state index is 11.0. The Morgan fingerprint density at radius 2 is 1.95 bits per heavy atom. The Morgan fingerprint density at radius 3 is 2.68 bits per heavy atom. The monoisotopic (exact) mass is 260 g/mol. The van der Waals surface area contributed by atoms with Crippen LogP contribution in [0.1, 0.15) is 55.6 Å². The number of ether oxygens (including phenoxy) is 1. The van der Waals surface area contributed by atoms with E-state index in [-0.39, 0.29) is 0 Å². The van der Waals surface area contributed by atoms with Gasteiger partial charge in [-0.2, -0.15) is 0 Å². The van der Waals surface area contributed by atoms with Crippen molar-refractivity contribution >= 4 is 5.97 Å². The molecule has 0 aromatic heterocycles. The zero-order chi connectivity index (χ0) is 13.2. The maximum absolute atomic E-state index is 11.0. The van der Waals surface area contributed by atoms with Crippen molar-refractivity contribution in [1.29, 1.82) is 0 Å². The number of hydrogen-bond donors (Lipinski definition) is 1. The molecule has 0 spiro atoms. The zero-order valence-corrected chi connectivity index (χ0v) is 11.1. The lowest BCUT2D eigenvalue weighted by Gasteiger charge is -2.26. The topological polar surface area (TPSA) is 46.5 Å². The fraction of sp³-hybridized carbons (Fsp3) is 0.562. The Balaban J connectivity index is 1.79. The lowest BCUT2D eigenvalue weighted by Crippen LogP contribution is -2.30. The Morgan fingerprint density at radius 1 is 1.16 bits per heavy atom. The standard InChI is InChI=1S/C16H20O3/c17-16(18)15-9-7-13-10-12(6-8-14(13)19-15)11-4-2-1-3-5-11/h6,8,10-11,15H,1-5,7,9H2,(H,17,18). The predicted octanol–water partition coefficient (Wildman–Crippen LogP) is 3.51.